The first kappa shape index (κ1) is 20.4. The minimum atomic E-state index is -0.250. The molecule has 2 aliphatic rings. The van der Waals surface area contributed by atoms with E-state index in [4.69, 9.17) is 0 Å². The second-order valence-electron chi connectivity index (χ2n) is 8.42. The first-order chi connectivity index (χ1) is 13.3. The number of rotatable bonds is 5. The Balaban J connectivity index is 1.49. The van der Waals surface area contributed by atoms with Crippen LogP contribution in [0.5, 0.6) is 0 Å². The van der Waals surface area contributed by atoms with E-state index in [1.165, 1.54) is 5.56 Å². The van der Waals surface area contributed by atoms with Gasteiger partial charge in [-0.1, -0.05) is 43.7 Å². The fourth-order valence-electron chi connectivity index (χ4n) is 3.87. The molecule has 0 unspecified atom stereocenters. The largest absolute Gasteiger partial charge is 0.353 e. The lowest BCUT2D eigenvalue weighted by Gasteiger charge is -2.34. The number of hydrogen-bond acceptors (Lipinski definition) is 3. The highest BCUT2D eigenvalue weighted by Crippen LogP contribution is 2.24. The summed E-state index contributed by atoms with van der Waals surface area (Å²) in [5.41, 5.74) is 2.28. The Morgan fingerprint density at radius 3 is 2.39 bits per heavy atom. The minimum Gasteiger partial charge on any atom is -0.353 e. The van der Waals surface area contributed by atoms with Crippen molar-refractivity contribution in [3.63, 3.8) is 0 Å². The van der Waals surface area contributed by atoms with Crippen LogP contribution in [-0.2, 0) is 20.9 Å². The fraction of sp³-hybridized carbons (Fsp3) is 0.591. The van der Waals surface area contributed by atoms with Crippen molar-refractivity contribution >= 4 is 17.7 Å². The van der Waals surface area contributed by atoms with Crippen molar-refractivity contribution in [2.75, 3.05) is 19.6 Å². The van der Waals surface area contributed by atoms with Crippen LogP contribution >= 0.6 is 0 Å². The van der Waals surface area contributed by atoms with E-state index in [0.717, 1.165) is 18.4 Å². The molecule has 152 valence electrons. The van der Waals surface area contributed by atoms with E-state index in [2.05, 4.69) is 5.32 Å². The number of hydrogen-bond donors (Lipinski definition) is 1. The lowest BCUT2D eigenvalue weighted by Crippen LogP contribution is -2.49. The van der Waals surface area contributed by atoms with E-state index >= 15 is 0 Å². The minimum absolute atomic E-state index is 0.0244. The number of amides is 3. The van der Waals surface area contributed by atoms with Gasteiger partial charge in [0.15, 0.2) is 0 Å². The van der Waals surface area contributed by atoms with E-state index in [9.17, 15) is 14.4 Å². The molecule has 1 aromatic carbocycles. The van der Waals surface area contributed by atoms with Gasteiger partial charge in [0.1, 0.15) is 0 Å². The average molecular weight is 386 g/mol. The molecule has 6 heteroatoms. The molecule has 3 amide bonds. The SMILES string of the molecule is Cc1ccc(CN2C[C@H](C(=O)N3CCC(NC(=O)C(C)C)CC3)CC2=O)cc1. The van der Waals surface area contributed by atoms with Gasteiger partial charge in [0.25, 0.3) is 0 Å². The molecule has 1 N–H and O–H groups in total. The maximum atomic E-state index is 12.9. The van der Waals surface area contributed by atoms with E-state index in [1.807, 2.05) is 49.9 Å². The first-order valence-corrected chi connectivity index (χ1v) is 10.3. The molecule has 0 aromatic heterocycles. The summed E-state index contributed by atoms with van der Waals surface area (Å²) in [6, 6.07) is 8.30. The quantitative estimate of drug-likeness (QED) is 0.844. The molecule has 0 bridgehead atoms. The van der Waals surface area contributed by atoms with Crippen LogP contribution in [-0.4, -0.2) is 53.2 Å². The van der Waals surface area contributed by atoms with Crippen molar-refractivity contribution in [3.8, 4) is 0 Å². The number of benzene rings is 1. The Labute approximate surface area is 167 Å². The number of likely N-dealkylation sites (tertiary alicyclic amines) is 2. The highest BCUT2D eigenvalue weighted by Gasteiger charge is 2.37. The Morgan fingerprint density at radius 1 is 1.14 bits per heavy atom. The van der Waals surface area contributed by atoms with E-state index < -0.39 is 0 Å². The molecule has 1 aromatic rings. The standard InChI is InChI=1S/C22H31N3O3/c1-15(2)21(27)23-19-8-10-24(11-9-19)22(28)18-12-20(26)25(14-18)13-17-6-4-16(3)5-7-17/h4-7,15,18-19H,8-14H2,1-3H3,(H,23,27)/t18-/m1/s1. The van der Waals surface area contributed by atoms with Crippen LogP contribution in [0.4, 0.5) is 0 Å². The third-order valence-corrected chi connectivity index (χ3v) is 5.74. The van der Waals surface area contributed by atoms with Crippen LogP contribution in [0.1, 0.15) is 44.2 Å². The van der Waals surface area contributed by atoms with Crippen molar-refractivity contribution < 1.29 is 14.4 Å². The molecule has 2 saturated heterocycles. The van der Waals surface area contributed by atoms with Crippen molar-refractivity contribution in [2.45, 2.75) is 52.6 Å². The third kappa shape index (κ3) is 4.91. The Morgan fingerprint density at radius 2 is 1.79 bits per heavy atom. The lowest BCUT2D eigenvalue weighted by atomic mass is 10.0. The maximum Gasteiger partial charge on any atom is 0.227 e. The summed E-state index contributed by atoms with van der Waals surface area (Å²) < 4.78 is 0. The zero-order valence-corrected chi connectivity index (χ0v) is 17.1. The van der Waals surface area contributed by atoms with Crippen molar-refractivity contribution in [3.05, 3.63) is 35.4 Å². The maximum absolute atomic E-state index is 12.9. The zero-order chi connectivity index (χ0) is 20.3. The van der Waals surface area contributed by atoms with Gasteiger partial charge in [0.2, 0.25) is 17.7 Å². The number of nitrogens with zero attached hydrogens (tertiary/aromatic N) is 2. The molecule has 28 heavy (non-hydrogen) atoms. The van der Waals surface area contributed by atoms with Crippen LogP contribution in [0.15, 0.2) is 24.3 Å². The summed E-state index contributed by atoms with van der Waals surface area (Å²) in [5, 5.41) is 3.05. The van der Waals surface area contributed by atoms with Gasteiger partial charge in [-0.2, -0.15) is 0 Å². The van der Waals surface area contributed by atoms with Gasteiger partial charge in [-0.05, 0) is 25.3 Å². The molecule has 0 spiro atoms. The highest BCUT2D eigenvalue weighted by atomic mass is 16.2. The molecule has 0 saturated carbocycles. The molecule has 0 aliphatic carbocycles. The van der Waals surface area contributed by atoms with Crippen LogP contribution in [0.3, 0.4) is 0 Å². The van der Waals surface area contributed by atoms with E-state index in [0.29, 0.717) is 32.6 Å². The first-order valence-electron chi connectivity index (χ1n) is 10.3. The Kier molecular flexibility index (Phi) is 6.37. The summed E-state index contributed by atoms with van der Waals surface area (Å²) >= 11 is 0. The fourth-order valence-corrected chi connectivity index (χ4v) is 3.87. The molecule has 0 radical (unpaired) electrons. The number of nitrogens with one attached hydrogen (secondary N) is 1. The van der Waals surface area contributed by atoms with Crippen LogP contribution in [0.25, 0.3) is 0 Å². The number of carbonyl (C=O) groups is 3. The van der Waals surface area contributed by atoms with Gasteiger partial charge >= 0.3 is 0 Å². The Bertz CT molecular complexity index is 721. The molecular formula is C22H31N3O3. The molecule has 2 fully saturated rings. The average Bonchev–Trinajstić information content (AvgIpc) is 3.04. The molecule has 2 aliphatic heterocycles. The summed E-state index contributed by atoms with van der Waals surface area (Å²) in [6.07, 6.45) is 1.85. The van der Waals surface area contributed by atoms with Gasteiger partial charge in [-0.25, -0.2) is 0 Å². The monoisotopic (exact) mass is 385 g/mol. The predicted molar refractivity (Wildman–Crippen MR) is 107 cm³/mol. The molecule has 3 rings (SSSR count). The topological polar surface area (TPSA) is 69.7 Å². The number of aryl methyl sites for hydroxylation is 1. The van der Waals surface area contributed by atoms with E-state index in [1.54, 1.807) is 4.90 Å². The summed E-state index contributed by atoms with van der Waals surface area (Å²) in [5.74, 6) is -0.0762. The summed E-state index contributed by atoms with van der Waals surface area (Å²) in [6.45, 7) is 8.15. The van der Waals surface area contributed by atoms with Crippen LogP contribution < -0.4 is 5.32 Å². The highest BCUT2D eigenvalue weighted by molar-refractivity contribution is 5.89. The van der Waals surface area contributed by atoms with E-state index in [-0.39, 0.29) is 35.6 Å². The van der Waals surface area contributed by atoms with Gasteiger partial charge in [-0.15, -0.1) is 0 Å². The van der Waals surface area contributed by atoms with Crippen LogP contribution in [0.2, 0.25) is 0 Å². The number of carbonyl (C=O) groups excluding carboxylic acids is 3. The molecule has 6 nitrogen and oxygen atoms in total. The Hall–Kier alpha value is -2.37. The van der Waals surface area contributed by atoms with Gasteiger partial charge < -0.3 is 15.1 Å². The van der Waals surface area contributed by atoms with Crippen LogP contribution in [0, 0.1) is 18.8 Å². The second-order valence-corrected chi connectivity index (χ2v) is 8.42. The predicted octanol–water partition coefficient (Wildman–Crippen LogP) is 2.11. The molecular weight excluding hydrogens is 354 g/mol. The van der Waals surface area contributed by atoms with Gasteiger partial charge in [0.05, 0.1) is 5.92 Å². The molecule has 1 atom stereocenters. The van der Waals surface area contributed by atoms with Crippen molar-refractivity contribution in [2.24, 2.45) is 11.8 Å². The third-order valence-electron chi connectivity index (χ3n) is 5.74. The number of piperidine rings is 1. The van der Waals surface area contributed by atoms with Gasteiger partial charge in [-0.3, -0.25) is 14.4 Å². The normalized spacial score (nSPS) is 20.7. The molecule has 2 heterocycles. The smallest absolute Gasteiger partial charge is 0.227 e. The van der Waals surface area contributed by atoms with Crippen molar-refractivity contribution in [1.82, 2.24) is 15.1 Å². The summed E-state index contributed by atoms with van der Waals surface area (Å²) in [4.78, 5) is 40.8. The second kappa shape index (κ2) is 8.76. The van der Waals surface area contributed by atoms with Gasteiger partial charge in [0, 0.05) is 44.6 Å². The summed E-state index contributed by atoms with van der Waals surface area (Å²) in [7, 11) is 0. The van der Waals surface area contributed by atoms with Crippen molar-refractivity contribution in [1.29, 1.82) is 0 Å². The zero-order valence-electron chi connectivity index (χ0n) is 17.1. The lowest BCUT2D eigenvalue weighted by molar-refractivity contribution is -0.137.